The van der Waals surface area contributed by atoms with Gasteiger partial charge in [-0.3, -0.25) is 0 Å². The number of rotatable bonds is 1. The fraction of sp³-hybridized carbons (Fsp3) is 0.250. The van der Waals surface area contributed by atoms with Gasteiger partial charge >= 0.3 is 0 Å². The monoisotopic (exact) mass is 257 g/mol. The zero-order valence-corrected chi connectivity index (χ0v) is 11.9. The number of hydrogen-bond acceptors (Lipinski definition) is 2. The summed E-state index contributed by atoms with van der Waals surface area (Å²) in [7, 11) is 0. The Hall–Kier alpha value is -1.41. The van der Waals surface area contributed by atoms with Crippen LogP contribution in [0.15, 0.2) is 53.4 Å². The SMILES string of the molecule is CC1=C(c2ccccccc(C)cc2)NC(C)S1. The van der Waals surface area contributed by atoms with Gasteiger partial charge in [0.2, 0.25) is 0 Å². The lowest BCUT2D eigenvalue weighted by Gasteiger charge is -2.06. The van der Waals surface area contributed by atoms with Crippen molar-refractivity contribution in [3.63, 3.8) is 0 Å². The van der Waals surface area contributed by atoms with Crippen LogP contribution in [0.2, 0.25) is 0 Å². The lowest BCUT2D eigenvalue weighted by atomic mass is 10.1. The zero-order valence-electron chi connectivity index (χ0n) is 11.1. The van der Waals surface area contributed by atoms with E-state index in [1.54, 1.807) is 0 Å². The molecule has 1 aliphatic heterocycles. The van der Waals surface area contributed by atoms with E-state index in [9.17, 15) is 0 Å². The van der Waals surface area contributed by atoms with Crippen LogP contribution < -0.4 is 5.32 Å². The molecule has 0 bridgehead atoms. The molecular weight excluding hydrogens is 238 g/mol. The van der Waals surface area contributed by atoms with Gasteiger partial charge in [-0.2, -0.15) is 0 Å². The molecule has 1 heterocycles. The van der Waals surface area contributed by atoms with E-state index in [1.165, 1.54) is 21.7 Å². The van der Waals surface area contributed by atoms with E-state index < -0.39 is 0 Å². The molecule has 0 saturated heterocycles. The van der Waals surface area contributed by atoms with Crippen molar-refractivity contribution in [3.8, 4) is 0 Å². The van der Waals surface area contributed by atoms with Crippen molar-refractivity contribution in [1.82, 2.24) is 5.32 Å². The van der Waals surface area contributed by atoms with E-state index in [2.05, 4.69) is 74.6 Å². The molecule has 0 aliphatic carbocycles. The predicted octanol–water partition coefficient (Wildman–Crippen LogP) is 4.49. The maximum atomic E-state index is 3.52. The molecule has 1 aromatic rings. The minimum atomic E-state index is 0.463. The number of allylic oxidation sites excluding steroid dienone is 1. The summed E-state index contributed by atoms with van der Waals surface area (Å²) in [5.74, 6) is 0. The Morgan fingerprint density at radius 3 is 2.33 bits per heavy atom. The van der Waals surface area contributed by atoms with Gasteiger partial charge in [0.25, 0.3) is 0 Å². The zero-order chi connectivity index (χ0) is 13.0. The first kappa shape index (κ1) is 13.0. The molecule has 1 unspecified atom stereocenters. The van der Waals surface area contributed by atoms with E-state index in [4.69, 9.17) is 0 Å². The molecule has 2 heteroatoms. The fourth-order valence-electron chi connectivity index (χ4n) is 1.94. The van der Waals surface area contributed by atoms with E-state index >= 15 is 0 Å². The van der Waals surface area contributed by atoms with Crippen LogP contribution in [0.3, 0.4) is 0 Å². The Morgan fingerprint density at radius 1 is 0.944 bits per heavy atom. The molecule has 1 aliphatic rings. The largest absolute Gasteiger partial charge is 0.372 e. The maximum Gasteiger partial charge on any atom is 0.0738 e. The van der Waals surface area contributed by atoms with Gasteiger partial charge in [-0.05, 0) is 26.3 Å². The average molecular weight is 257 g/mol. The first-order valence-electron chi connectivity index (χ1n) is 6.21. The summed E-state index contributed by atoms with van der Waals surface area (Å²) in [5.41, 5.74) is 3.75. The lowest BCUT2D eigenvalue weighted by Crippen LogP contribution is -2.15. The van der Waals surface area contributed by atoms with Gasteiger partial charge in [-0.1, -0.05) is 54.1 Å². The van der Waals surface area contributed by atoms with Crippen LogP contribution in [0.4, 0.5) is 0 Å². The normalized spacial score (nSPS) is 18.3. The standard InChI is InChI=1S/C16H19NS/c1-12-8-6-4-5-7-9-15(11-10-12)16-13(2)18-14(3)17-16/h4-11,14,17H,1-3H3. The van der Waals surface area contributed by atoms with Crippen molar-refractivity contribution in [2.45, 2.75) is 26.1 Å². The minimum Gasteiger partial charge on any atom is -0.372 e. The highest BCUT2D eigenvalue weighted by Crippen LogP contribution is 2.33. The summed E-state index contributed by atoms with van der Waals surface area (Å²) in [6.45, 7) is 6.48. The summed E-state index contributed by atoms with van der Waals surface area (Å²) >= 11 is 1.89. The molecule has 1 nitrogen and oxygen atoms in total. The molecule has 1 aromatic carbocycles. The summed E-state index contributed by atoms with van der Waals surface area (Å²) in [6, 6.07) is 16.9. The van der Waals surface area contributed by atoms with Gasteiger partial charge in [0.15, 0.2) is 0 Å². The lowest BCUT2D eigenvalue weighted by molar-refractivity contribution is 0.891. The smallest absolute Gasteiger partial charge is 0.0738 e. The van der Waals surface area contributed by atoms with Crippen LogP contribution in [0.5, 0.6) is 0 Å². The third-order valence-corrected chi connectivity index (χ3v) is 3.86. The third-order valence-electron chi connectivity index (χ3n) is 2.84. The molecular formula is C16H19NS. The van der Waals surface area contributed by atoms with E-state index in [-0.39, 0.29) is 0 Å². The van der Waals surface area contributed by atoms with Crippen LogP contribution in [0.25, 0.3) is 5.70 Å². The van der Waals surface area contributed by atoms with Crippen molar-refractivity contribution in [3.05, 3.63) is 64.6 Å². The highest BCUT2D eigenvalue weighted by atomic mass is 32.2. The quantitative estimate of drug-likeness (QED) is 0.795. The Kier molecular flexibility index (Phi) is 4.32. The van der Waals surface area contributed by atoms with Crippen molar-refractivity contribution >= 4 is 17.5 Å². The number of thioether (sulfide) groups is 1. The molecule has 0 fully saturated rings. The van der Waals surface area contributed by atoms with Gasteiger partial charge < -0.3 is 5.32 Å². The van der Waals surface area contributed by atoms with Gasteiger partial charge in [-0.15, -0.1) is 11.8 Å². The first-order chi connectivity index (χ1) is 8.66. The van der Waals surface area contributed by atoms with Crippen LogP contribution >= 0.6 is 11.8 Å². The number of nitrogens with one attached hydrogen (secondary N) is 1. The summed E-state index contributed by atoms with van der Waals surface area (Å²) in [5, 5.41) is 3.99. The summed E-state index contributed by atoms with van der Waals surface area (Å²) < 4.78 is 0. The molecule has 94 valence electrons. The van der Waals surface area contributed by atoms with Gasteiger partial charge in [-0.25, -0.2) is 0 Å². The molecule has 1 atom stereocenters. The van der Waals surface area contributed by atoms with Crippen LogP contribution in [0, 0.1) is 6.92 Å². The molecule has 0 spiro atoms. The topological polar surface area (TPSA) is 12.0 Å². The molecule has 0 amide bonds. The molecule has 2 rings (SSSR count). The Morgan fingerprint density at radius 2 is 1.67 bits per heavy atom. The van der Waals surface area contributed by atoms with Crippen molar-refractivity contribution < 1.29 is 0 Å². The Balaban J connectivity index is 2.48. The fourth-order valence-corrected chi connectivity index (χ4v) is 2.94. The Labute approximate surface area is 114 Å². The van der Waals surface area contributed by atoms with Crippen molar-refractivity contribution in [2.75, 3.05) is 0 Å². The predicted molar refractivity (Wildman–Crippen MR) is 81.6 cm³/mol. The second-order valence-electron chi connectivity index (χ2n) is 4.47. The molecule has 0 saturated carbocycles. The summed E-state index contributed by atoms with van der Waals surface area (Å²) in [4.78, 5) is 1.36. The van der Waals surface area contributed by atoms with Crippen LogP contribution in [-0.2, 0) is 0 Å². The highest BCUT2D eigenvalue weighted by molar-refractivity contribution is 8.04. The van der Waals surface area contributed by atoms with E-state index in [0.29, 0.717) is 5.37 Å². The second kappa shape index (κ2) is 5.96. The van der Waals surface area contributed by atoms with Crippen LogP contribution in [-0.4, -0.2) is 5.37 Å². The van der Waals surface area contributed by atoms with E-state index in [1.807, 2.05) is 11.8 Å². The van der Waals surface area contributed by atoms with Gasteiger partial charge in [0.05, 0.1) is 11.1 Å². The molecule has 0 aromatic heterocycles. The van der Waals surface area contributed by atoms with Gasteiger partial charge in [0.1, 0.15) is 0 Å². The highest BCUT2D eigenvalue weighted by Gasteiger charge is 2.17. The molecule has 18 heavy (non-hydrogen) atoms. The van der Waals surface area contributed by atoms with Crippen LogP contribution in [0.1, 0.15) is 25.0 Å². The first-order valence-corrected chi connectivity index (χ1v) is 7.09. The van der Waals surface area contributed by atoms with Crippen molar-refractivity contribution in [2.24, 2.45) is 0 Å². The summed E-state index contributed by atoms with van der Waals surface area (Å²) in [6.07, 6.45) is 0. The van der Waals surface area contributed by atoms with Gasteiger partial charge in [0, 0.05) is 4.91 Å². The molecule has 1 N–H and O–H groups in total. The van der Waals surface area contributed by atoms with Crippen molar-refractivity contribution in [1.29, 1.82) is 0 Å². The minimum absolute atomic E-state index is 0.463. The average Bonchev–Trinajstić information content (AvgIpc) is 2.67. The van der Waals surface area contributed by atoms with E-state index in [0.717, 1.165) is 0 Å². The maximum absolute atomic E-state index is 3.52. The molecule has 0 radical (unpaired) electrons. The Bertz CT molecular complexity index is 518. The number of aryl methyl sites for hydroxylation is 1. The third kappa shape index (κ3) is 3.30. The second-order valence-corrected chi connectivity index (χ2v) is 6.03. The number of hydrogen-bond donors (Lipinski definition) is 1.